The van der Waals surface area contributed by atoms with Crippen molar-refractivity contribution in [3.63, 3.8) is 0 Å². The lowest BCUT2D eigenvalue weighted by Crippen LogP contribution is -2.47. The van der Waals surface area contributed by atoms with Gasteiger partial charge in [0.05, 0.1) is 5.27 Å². The highest BCUT2D eigenvalue weighted by molar-refractivity contribution is 5.75. The van der Waals surface area contributed by atoms with Crippen molar-refractivity contribution in [2.45, 2.75) is 52.1 Å². The predicted octanol–water partition coefficient (Wildman–Crippen LogP) is 1.67. The maximum absolute atomic E-state index is 12.6. The van der Waals surface area contributed by atoms with Crippen LogP contribution >= 0.6 is 0 Å². The molecule has 1 spiro atoms. The second-order valence-corrected chi connectivity index (χ2v) is 8.99. The van der Waals surface area contributed by atoms with Gasteiger partial charge in [0.1, 0.15) is 5.95 Å². The Bertz CT molecular complexity index is 848. The van der Waals surface area contributed by atoms with Crippen LogP contribution in [0.15, 0.2) is 35.0 Å². The SMILES string of the molecule is CC(C)c1ccc(CN2CCCC3(CCN(C(=O)C[n+]4cc([O-])on4)C3)C2)cc1. The van der Waals surface area contributed by atoms with Gasteiger partial charge in [-0.3, -0.25) is 9.69 Å². The largest absolute Gasteiger partial charge is 0.539 e. The van der Waals surface area contributed by atoms with Crippen LogP contribution in [0.25, 0.3) is 0 Å². The van der Waals surface area contributed by atoms with Gasteiger partial charge in [-0.15, -0.1) is 0 Å². The summed E-state index contributed by atoms with van der Waals surface area (Å²) in [6, 6.07) is 8.98. The third kappa shape index (κ3) is 4.61. The fraction of sp³-hybridized carbons (Fsp3) is 0.591. The Morgan fingerprint density at radius 1 is 1.24 bits per heavy atom. The number of carbonyl (C=O) groups is 1. The van der Waals surface area contributed by atoms with E-state index in [0.29, 0.717) is 5.92 Å². The second kappa shape index (κ2) is 8.14. The summed E-state index contributed by atoms with van der Waals surface area (Å²) in [7, 11) is 0. The molecule has 1 amide bonds. The van der Waals surface area contributed by atoms with E-state index in [0.717, 1.165) is 39.1 Å². The maximum Gasteiger partial charge on any atom is 0.291 e. The van der Waals surface area contributed by atoms with E-state index < -0.39 is 5.95 Å². The van der Waals surface area contributed by atoms with Crippen molar-refractivity contribution in [3.8, 4) is 5.95 Å². The number of aromatic nitrogens is 2. The Morgan fingerprint density at radius 2 is 2.03 bits per heavy atom. The molecule has 4 rings (SSSR count). The highest BCUT2D eigenvalue weighted by atomic mass is 16.6. The van der Waals surface area contributed by atoms with Gasteiger partial charge in [0, 0.05) is 31.6 Å². The molecule has 0 bridgehead atoms. The van der Waals surface area contributed by atoms with Crippen molar-refractivity contribution in [1.82, 2.24) is 15.1 Å². The van der Waals surface area contributed by atoms with Gasteiger partial charge < -0.3 is 14.5 Å². The summed E-state index contributed by atoms with van der Waals surface area (Å²) in [6.07, 6.45) is 4.60. The molecule has 1 unspecified atom stereocenters. The minimum absolute atomic E-state index is 0.00146. The summed E-state index contributed by atoms with van der Waals surface area (Å²) in [5, 5.41) is 14.7. The molecule has 3 heterocycles. The first kappa shape index (κ1) is 19.9. The molecule has 0 aliphatic carbocycles. The number of nitrogens with zero attached hydrogens (tertiary/aromatic N) is 4. The number of piperidine rings is 1. The number of carbonyl (C=O) groups excluding carboxylic acids is 1. The van der Waals surface area contributed by atoms with Gasteiger partial charge in [-0.05, 0) is 42.9 Å². The molecule has 156 valence electrons. The molecule has 0 N–H and O–H groups in total. The molecule has 7 nitrogen and oxygen atoms in total. The first-order valence-corrected chi connectivity index (χ1v) is 10.5. The van der Waals surface area contributed by atoms with E-state index in [-0.39, 0.29) is 17.9 Å². The first-order chi connectivity index (χ1) is 13.9. The Hall–Kier alpha value is -2.41. The topological polar surface area (TPSA) is 76.5 Å². The van der Waals surface area contributed by atoms with Gasteiger partial charge in [-0.1, -0.05) is 42.8 Å². The molecule has 1 aromatic carbocycles. The lowest BCUT2D eigenvalue weighted by Gasteiger charge is -2.40. The number of hydrogen-bond donors (Lipinski definition) is 0. The molecule has 2 aliphatic rings. The molecule has 2 fully saturated rings. The van der Waals surface area contributed by atoms with Crippen molar-refractivity contribution in [1.29, 1.82) is 0 Å². The lowest BCUT2D eigenvalue weighted by atomic mass is 9.79. The summed E-state index contributed by atoms with van der Waals surface area (Å²) in [4.78, 5) is 17.1. The molecule has 1 atom stereocenters. The van der Waals surface area contributed by atoms with Crippen LogP contribution in [0.4, 0.5) is 0 Å². The third-order valence-electron chi connectivity index (χ3n) is 6.37. The molecule has 2 aromatic rings. The van der Waals surface area contributed by atoms with E-state index in [1.54, 1.807) is 0 Å². The molecule has 29 heavy (non-hydrogen) atoms. The van der Waals surface area contributed by atoms with Crippen molar-refractivity contribution in [3.05, 3.63) is 41.6 Å². The molecule has 0 radical (unpaired) electrons. The summed E-state index contributed by atoms with van der Waals surface area (Å²) in [5.41, 5.74) is 2.92. The quantitative estimate of drug-likeness (QED) is 0.716. The van der Waals surface area contributed by atoms with Crippen molar-refractivity contribution < 1.29 is 19.1 Å². The average Bonchev–Trinajstić information content (AvgIpc) is 3.29. The number of amides is 1. The molecule has 7 heteroatoms. The highest BCUT2D eigenvalue weighted by Crippen LogP contribution is 2.39. The summed E-state index contributed by atoms with van der Waals surface area (Å²) < 4.78 is 5.79. The average molecular weight is 399 g/mol. The van der Waals surface area contributed by atoms with Crippen LogP contribution in [-0.4, -0.2) is 47.2 Å². The first-order valence-electron chi connectivity index (χ1n) is 10.5. The smallest absolute Gasteiger partial charge is 0.291 e. The summed E-state index contributed by atoms with van der Waals surface area (Å²) in [6.45, 7) is 9.18. The minimum atomic E-state index is -0.528. The Morgan fingerprint density at radius 3 is 2.72 bits per heavy atom. The normalized spacial score (nSPS) is 22.7. The van der Waals surface area contributed by atoms with Gasteiger partial charge in [0.2, 0.25) is 6.20 Å². The molecular weight excluding hydrogens is 368 g/mol. The van der Waals surface area contributed by atoms with Crippen LogP contribution in [0.3, 0.4) is 0 Å². The molecule has 2 saturated heterocycles. The van der Waals surface area contributed by atoms with E-state index in [9.17, 15) is 9.90 Å². The van der Waals surface area contributed by atoms with Crippen LogP contribution in [0.5, 0.6) is 5.95 Å². The van der Waals surface area contributed by atoms with Crippen LogP contribution in [-0.2, 0) is 17.9 Å². The van der Waals surface area contributed by atoms with Crippen molar-refractivity contribution in [2.75, 3.05) is 26.2 Å². The van der Waals surface area contributed by atoms with Gasteiger partial charge in [0.25, 0.3) is 12.5 Å². The minimum Gasteiger partial charge on any atom is -0.539 e. The van der Waals surface area contributed by atoms with Gasteiger partial charge in [0.15, 0.2) is 0 Å². The monoisotopic (exact) mass is 398 g/mol. The van der Waals surface area contributed by atoms with Crippen LogP contribution < -0.4 is 9.79 Å². The maximum atomic E-state index is 12.6. The van der Waals surface area contributed by atoms with Crippen LogP contribution in [0.2, 0.25) is 0 Å². The number of benzene rings is 1. The van der Waals surface area contributed by atoms with Gasteiger partial charge >= 0.3 is 0 Å². The van der Waals surface area contributed by atoms with E-state index in [1.807, 2.05) is 4.90 Å². The van der Waals surface area contributed by atoms with Crippen LogP contribution in [0.1, 0.15) is 50.2 Å². The molecule has 2 aliphatic heterocycles. The predicted molar refractivity (Wildman–Crippen MR) is 105 cm³/mol. The summed E-state index contributed by atoms with van der Waals surface area (Å²) in [5.74, 6) is 0.0292. The Kier molecular flexibility index (Phi) is 5.58. The number of hydrogen-bond acceptors (Lipinski definition) is 5. The zero-order valence-corrected chi connectivity index (χ0v) is 17.3. The number of likely N-dealkylation sites (tertiary alicyclic amines) is 2. The zero-order valence-electron chi connectivity index (χ0n) is 17.3. The van der Waals surface area contributed by atoms with E-state index in [4.69, 9.17) is 0 Å². The summed E-state index contributed by atoms with van der Waals surface area (Å²) >= 11 is 0. The van der Waals surface area contributed by atoms with Crippen LogP contribution in [0, 0.1) is 5.41 Å². The lowest BCUT2D eigenvalue weighted by molar-refractivity contribution is -0.751. The van der Waals surface area contributed by atoms with E-state index >= 15 is 0 Å². The third-order valence-corrected chi connectivity index (χ3v) is 6.37. The molecule has 1 aromatic heterocycles. The zero-order chi connectivity index (χ0) is 20.4. The van der Waals surface area contributed by atoms with E-state index in [1.165, 1.54) is 34.8 Å². The number of rotatable bonds is 5. The Balaban J connectivity index is 1.34. The second-order valence-electron chi connectivity index (χ2n) is 8.99. The standard InChI is InChI=1S/C22H30N4O3/c1-17(2)19-6-4-18(5-7-19)12-24-10-3-8-22(15-24)9-11-25(16-22)20(27)13-26-14-21(28)29-23-26/h4-7,14,17H,3,8-13,15-16H2,1-2H3. The van der Waals surface area contributed by atoms with Gasteiger partial charge in [-0.25, -0.2) is 0 Å². The van der Waals surface area contributed by atoms with E-state index in [2.05, 4.69) is 52.8 Å². The molecule has 0 saturated carbocycles. The molecular formula is C22H30N4O3. The van der Waals surface area contributed by atoms with Crippen molar-refractivity contribution >= 4 is 5.91 Å². The highest BCUT2D eigenvalue weighted by Gasteiger charge is 2.43. The van der Waals surface area contributed by atoms with Gasteiger partial charge in [-0.2, -0.15) is 0 Å². The fourth-order valence-corrected chi connectivity index (χ4v) is 4.77. The fourth-order valence-electron chi connectivity index (χ4n) is 4.77. The Labute approximate surface area is 171 Å². The van der Waals surface area contributed by atoms with Crippen molar-refractivity contribution in [2.24, 2.45) is 5.41 Å².